The van der Waals surface area contributed by atoms with Gasteiger partial charge in [-0.2, -0.15) is 0 Å². The first-order chi connectivity index (χ1) is 17.4. The van der Waals surface area contributed by atoms with Crippen molar-refractivity contribution in [2.45, 2.75) is 43.7 Å². The molecule has 1 saturated carbocycles. The molecule has 2 unspecified atom stereocenters. The summed E-state index contributed by atoms with van der Waals surface area (Å²) >= 11 is 0. The maximum atomic E-state index is 13.9. The van der Waals surface area contributed by atoms with E-state index in [0.29, 0.717) is 11.3 Å². The maximum Gasteiger partial charge on any atom is 0.321 e. The molecule has 5 rings (SSSR count). The third-order valence-corrected chi connectivity index (χ3v) is 7.34. The highest BCUT2D eigenvalue weighted by atomic mass is 16.2. The van der Waals surface area contributed by atoms with Crippen LogP contribution in [0.25, 0.3) is 0 Å². The van der Waals surface area contributed by atoms with Gasteiger partial charge in [-0.05, 0) is 36.6 Å². The summed E-state index contributed by atoms with van der Waals surface area (Å²) in [6.45, 7) is 0.00156. The zero-order valence-corrected chi connectivity index (χ0v) is 20.1. The van der Waals surface area contributed by atoms with Crippen molar-refractivity contribution >= 4 is 41.2 Å². The van der Waals surface area contributed by atoms with E-state index in [2.05, 4.69) is 16.0 Å². The number of fused-ring (bicyclic) bond motifs is 1. The normalized spacial score (nSPS) is 24.2. The van der Waals surface area contributed by atoms with Crippen molar-refractivity contribution in [3.8, 4) is 0 Å². The van der Waals surface area contributed by atoms with Gasteiger partial charge >= 0.3 is 6.03 Å². The van der Waals surface area contributed by atoms with Crippen molar-refractivity contribution in [1.82, 2.24) is 10.6 Å². The van der Waals surface area contributed by atoms with Crippen LogP contribution < -0.4 is 20.9 Å². The number of urea groups is 1. The van der Waals surface area contributed by atoms with E-state index < -0.39 is 17.6 Å². The molecule has 3 aliphatic rings. The van der Waals surface area contributed by atoms with E-state index in [-0.39, 0.29) is 30.1 Å². The number of benzene rings is 2. The van der Waals surface area contributed by atoms with Gasteiger partial charge in [-0.15, -0.1) is 0 Å². The zero-order valence-electron chi connectivity index (χ0n) is 20.1. The molecule has 1 aliphatic carbocycles. The number of carbonyl (C=O) groups excluding carboxylic acids is 4. The van der Waals surface area contributed by atoms with Crippen molar-refractivity contribution in [2.75, 3.05) is 23.8 Å². The Kier molecular flexibility index (Phi) is 6.30. The molecule has 0 bridgehead atoms. The van der Waals surface area contributed by atoms with Crippen LogP contribution in [0.1, 0.15) is 49.1 Å². The van der Waals surface area contributed by atoms with Crippen molar-refractivity contribution < 1.29 is 19.2 Å². The number of Topliss-reactive ketones (excluding diaryl/α,β-unsaturated/α-hetero) is 1. The number of aliphatic imine (C=N–C) groups is 1. The Morgan fingerprint density at radius 1 is 1.06 bits per heavy atom. The van der Waals surface area contributed by atoms with Gasteiger partial charge in [-0.25, -0.2) is 4.79 Å². The van der Waals surface area contributed by atoms with E-state index in [1.165, 1.54) is 0 Å². The predicted octanol–water partition coefficient (Wildman–Crippen LogP) is 2.96. The van der Waals surface area contributed by atoms with E-state index in [0.717, 1.165) is 43.4 Å². The smallest absolute Gasteiger partial charge is 0.321 e. The van der Waals surface area contributed by atoms with Crippen LogP contribution in [0.2, 0.25) is 0 Å². The fourth-order valence-electron chi connectivity index (χ4n) is 5.48. The van der Waals surface area contributed by atoms with Crippen molar-refractivity contribution in [1.29, 1.82) is 0 Å². The van der Waals surface area contributed by atoms with Gasteiger partial charge < -0.3 is 20.9 Å². The van der Waals surface area contributed by atoms with Gasteiger partial charge in [0.15, 0.2) is 5.78 Å². The molecule has 186 valence electrons. The van der Waals surface area contributed by atoms with Gasteiger partial charge in [0.25, 0.3) is 5.91 Å². The van der Waals surface area contributed by atoms with Crippen molar-refractivity contribution in [2.24, 2.45) is 10.9 Å². The van der Waals surface area contributed by atoms with Crippen molar-refractivity contribution in [3.05, 3.63) is 59.7 Å². The summed E-state index contributed by atoms with van der Waals surface area (Å²) in [7, 11) is 1.71. The fraction of sp³-hybridized carbons (Fsp3) is 0.370. The van der Waals surface area contributed by atoms with E-state index in [1.807, 2.05) is 24.3 Å². The minimum atomic E-state index is -1.45. The van der Waals surface area contributed by atoms with Gasteiger partial charge in [0.2, 0.25) is 11.6 Å². The summed E-state index contributed by atoms with van der Waals surface area (Å²) in [6.07, 6.45) is 6.26. The molecule has 2 atom stereocenters. The third-order valence-electron chi connectivity index (χ3n) is 7.34. The Balaban J connectivity index is 1.43. The number of benzodiazepines with no additional fused rings is 1. The Labute approximate surface area is 209 Å². The second kappa shape index (κ2) is 9.56. The number of rotatable bonds is 4. The van der Waals surface area contributed by atoms with Crippen LogP contribution in [-0.4, -0.2) is 49.1 Å². The van der Waals surface area contributed by atoms with Crippen LogP contribution >= 0.6 is 0 Å². The van der Waals surface area contributed by atoms with E-state index in [9.17, 15) is 19.2 Å². The minimum absolute atomic E-state index is 0.00156. The lowest BCUT2D eigenvalue weighted by Crippen LogP contribution is -2.63. The average Bonchev–Trinajstić information content (AvgIpc) is 3.19. The highest BCUT2D eigenvalue weighted by Crippen LogP contribution is 2.38. The van der Waals surface area contributed by atoms with Crippen LogP contribution in [-0.2, 0) is 14.4 Å². The number of nitrogens with zero attached hydrogens (tertiary/aromatic N) is 2. The molecule has 3 N–H and O–H groups in total. The molecule has 0 radical (unpaired) electrons. The number of hydrogen-bond acceptors (Lipinski definition) is 5. The summed E-state index contributed by atoms with van der Waals surface area (Å²) in [4.78, 5) is 57.8. The molecule has 4 amide bonds. The first-order valence-electron chi connectivity index (χ1n) is 12.3. The number of hydrogen-bond donors (Lipinski definition) is 3. The van der Waals surface area contributed by atoms with Crippen molar-refractivity contribution in [3.63, 3.8) is 0 Å². The quantitative estimate of drug-likeness (QED) is 0.574. The fourth-order valence-corrected chi connectivity index (χ4v) is 5.48. The summed E-state index contributed by atoms with van der Waals surface area (Å²) in [5, 5.41) is 8.26. The van der Waals surface area contributed by atoms with E-state index in [1.54, 1.807) is 42.4 Å². The topological polar surface area (TPSA) is 120 Å². The average molecular weight is 488 g/mol. The Hall–Kier alpha value is -4.01. The molecule has 2 fully saturated rings. The third kappa shape index (κ3) is 4.25. The molecule has 9 heteroatoms. The van der Waals surface area contributed by atoms with Gasteiger partial charge in [0, 0.05) is 30.4 Å². The molecule has 0 spiro atoms. The summed E-state index contributed by atoms with van der Waals surface area (Å²) in [5.74, 6) is -1.88. The summed E-state index contributed by atoms with van der Waals surface area (Å²) < 4.78 is 0. The van der Waals surface area contributed by atoms with Crippen LogP contribution in [0.3, 0.4) is 0 Å². The highest BCUT2D eigenvalue weighted by molar-refractivity contribution is 6.13. The molecule has 0 aromatic heterocycles. The molecule has 9 nitrogen and oxygen atoms in total. The molecular formula is C27H29N5O4. The lowest BCUT2D eigenvalue weighted by atomic mass is 9.79. The molecule has 2 heterocycles. The largest absolute Gasteiger partial charge is 0.348 e. The number of ketones is 1. The molecule has 2 aromatic rings. The summed E-state index contributed by atoms with van der Waals surface area (Å²) in [6, 6.07) is 13.6. The predicted molar refractivity (Wildman–Crippen MR) is 136 cm³/mol. The Morgan fingerprint density at radius 3 is 2.58 bits per heavy atom. The van der Waals surface area contributed by atoms with E-state index >= 15 is 0 Å². The SMILES string of the molecule is CN1C(=O)C(NC(=O)Nc2cccc(C3C(=O)CNC3=O)c2)(C2CCCCC2)N=Cc2ccccc21. The standard InChI is InChI=1S/C27H29N5O4/c1-32-21-13-6-5-8-18(21)15-29-27(25(32)35,19-10-3-2-4-11-19)31-26(36)30-20-12-7-9-17(14-20)23-22(33)16-28-24(23)34/h5-9,12-15,19,23H,2-4,10-11,16H2,1H3,(H,28,34)(H2,30,31,36). The second-order valence-corrected chi connectivity index (χ2v) is 9.60. The molecule has 2 aliphatic heterocycles. The van der Waals surface area contributed by atoms with Crippen LogP contribution in [0.4, 0.5) is 16.2 Å². The molecular weight excluding hydrogens is 458 g/mol. The Bertz CT molecular complexity index is 1240. The first-order valence-corrected chi connectivity index (χ1v) is 12.3. The minimum Gasteiger partial charge on any atom is -0.348 e. The monoisotopic (exact) mass is 487 g/mol. The van der Waals surface area contributed by atoms with Crippen LogP contribution in [0.15, 0.2) is 53.5 Å². The zero-order chi connectivity index (χ0) is 25.3. The lowest BCUT2D eigenvalue weighted by molar-refractivity contribution is -0.127. The molecule has 1 saturated heterocycles. The van der Waals surface area contributed by atoms with Gasteiger partial charge in [-0.1, -0.05) is 49.6 Å². The van der Waals surface area contributed by atoms with Crippen LogP contribution in [0, 0.1) is 5.92 Å². The highest BCUT2D eigenvalue weighted by Gasteiger charge is 2.49. The first kappa shape index (κ1) is 23.7. The molecule has 2 aromatic carbocycles. The number of para-hydroxylation sites is 1. The number of nitrogens with one attached hydrogen (secondary N) is 3. The van der Waals surface area contributed by atoms with E-state index in [4.69, 9.17) is 4.99 Å². The number of amides is 4. The van der Waals surface area contributed by atoms with Gasteiger partial charge in [0.1, 0.15) is 5.92 Å². The summed E-state index contributed by atoms with van der Waals surface area (Å²) in [5.41, 5.74) is 1.02. The van der Waals surface area contributed by atoms with Gasteiger partial charge in [-0.3, -0.25) is 19.4 Å². The van der Waals surface area contributed by atoms with Gasteiger partial charge in [0.05, 0.1) is 12.2 Å². The Morgan fingerprint density at radius 2 is 1.83 bits per heavy atom. The number of likely N-dealkylation sites (N-methyl/N-ethyl adjacent to an activating group) is 1. The van der Waals surface area contributed by atoms with Crippen LogP contribution in [0.5, 0.6) is 0 Å². The molecule has 36 heavy (non-hydrogen) atoms. The number of carbonyl (C=O) groups is 4. The number of anilines is 2. The second-order valence-electron chi connectivity index (χ2n) is 9.60. The lowest BCUT2D eigenvalue weighted by Gasteiger charge is -2.40. The maximum absolute atomic E-state index is 13.9.